The number of alkyl halides is 3. The molecule has 1 heterocycles. The summed E-state index contributed by atoms with van der Waals surface area (Å²) >= 11 is 0. The van der Waals surface area contributed by atoms with Crippen LogP contribution in [0.1, 0.15) is 69.7 Å². The van der Waals surface area contributed by atoms with Crippen LogP contribution in [0.4, 0.5) is 13.2 Å². The summed E-state index contributed by atoms with van der Waals surface area (Å²) in [4.78, 5) is 2.97. The highest BCUT2D eigenvalue weighted by Crippen LogP contribution is 2.44. The second-order valence-corrected chi connectivity index (χ2v) is 9.41. The number of ether oxygens (including phenoxy) is 1. The van der Waals surface area contributed by atoms with Crippen LogP contribution in [0.2, 0.25) is 0 Å². The van der Waals surface area contributed by atoms with Gasteiger partial charge in [0.1, 0.15) is 0 Å². The van der Waals surface area contributed by atoms with E-state index in [2.05, 4.69) is 11.9 Å². The number of rotatable bonds is 10. The number of fused-ring (bicyclic) bond motifs is 1. The predicted octanol–water partition coefficient (Wildman–Crippen LogP) is 6.20. The fraction of sp³-hybridized carbons (Fsp3) is 0.625. The number of halogens is 3. The van der Waals surface area contributed by atoms with Crippen LogP contribution >= 0.6 is 0 Å². The Balaban J connectivity index is 2.31. The number of aromatic amines is 1. The quantitative estimate of drug-likeness (QED) is 0.464. The zero-order valence-corrected chi connectivity index (χ0v) is 19.0. The van der Waals surface area contributed by atoms with Crippen molar-refractivity contribution in [2.24, 2.45) is 5.41 Å². The van der Waals surface area contributed by atoms with Crippen molar-refractivity contribution in [1.82, 2.24) is 4.98 Å². The summed E-state index contributed by atoms with van der Waals surface area (Å²) in [5.41, 5.74) is -1.55. The van der Waals surface area contributed by atoms with Crippen molar-refractivity contribution in [2.45, 2.75) is 84.1 Å². The van der Waals surface area contributed by atoms with Gasteiger partial charge >= 0.3 is 6.18 Å². The molecule has 2 aromatic rings. The van der Waals surface area contributed by atoms with Crippen molar-refractivity contribution < 1.29 is 23.0 Å². The topological polar surface area (TPSA) is 69.0 Å². The van der Waals surface area contributed by atoms with E-state index in [9.17, 15) is 18.3 Å². The fourth-order valence-corrected chi connectivity index (χ4v) is 4.43. The van der Waals surface area contributed by atoms with Gasteiger partial charge in [0.05, 0.1) is 17.7 Å². The first-order valence-corrected chi connectivity index (χ1v) is 10.7. The normalized spacial score (nSPS) is 15.6. The Labute approximate surface area is 182 Å². The number of benzene rings is 1. The van der Waals surface area contributed by atoms with Crippen LogP contribution < -0.4 is 0 Å². The molecule has 0 bridgehead atoms. The lowest BCUT2D eigenvalue weighted by molar-refractivity contribution is -0.270. The molecule has 1 aromatic heterocycles. The molecule has 0 aliphatic rings. The third-order valence-electron chi connectivity index (χ3n) is 5.90. The minimum atomic E-state index is -4.79. The van der Waals surface area contributed by atoms with Gasteiger partial charge in [0.25, 0.3) is 0 Å². The number of aliphatic hydroxyl groups is 1. The van der Waals surface area contributed by atoms with Gasteiger partial charge in [-0.3, -0.25) is 0 Å². The Morgan fingerprint density at radius 2 is 1.90 bits per heavy atom. The van der Waals surface area contributed by atoms with Gasteiger partial charge < -0.3 is 14.8 Å². The summed E-state index contributed by atoms with van der Waals surface area (Å²) in [6.07, 6.45) is -2.82. The summed E-state index contributed by atoms with van der Waals surface area (Å²) in [5, 5.41) is 20.7. The molecule has 0 fully saturated rings. The monoisotopic (exact) mass is 438 g/mol. The maximum Gasteiger partial charge on any atom is 0.417 e. The highest BCUT2D eigenvalue weighted by molar-refractivity contribution is 5.85. The van der Waals surface area contributed by atoms with E-state index in [1.165, 1.54) is 0 Å². The molecular weight excluding hydrogens is 405 g/mol. The van der Waals surface area contributed by atoms with E-state index < -0.39 is 30.0 Å². The number of nitriles is 1. The Bertz CT molecular complexity index is 927. The molecule has 31 heavy (non-hydrogen) atoms. The molecule has 172 valence electrons. The maximum absolute atomic E-state index is 14.1. The zero-order chi connectivity index (χ0) is 23.4. The van der Waals surface area contributed by atoms with Crippen molar-refractivity contribution in [3.63, 3.8) is 0 Å². The third kappa shape index (κ3) is 6.24. The lowest BCUT2D eigenvalue weighted by Gasteiger charge is -2.39. The van der Waals surface area contributed by atoms with E-state index >= 15 is 0 Å². The molecule has 1 aromatic carbocycles. The molecule has 0 saturated heterocycles. The van der Waals surface area contributed by atoms with Crippen molar-refractivity contribution in [3.05, 3.63) is 35.0 Å². The Morgan fingerprint density at radius 3 is 2.45 bits per heavy atom. The number of hydrogen-bond acceptors (Lipinski definition) is 3. The van der Waals surface area contributed by atoms with Crippen molar-refractivity contribution in [1.29, 1.82) is 5.26 Å². The second kappa shape index (κ2) is 9.62. The number of aromatic nitrogens is 1. The zero-order valence-electron chi connectivity index (χ0n) is 19.0. The third-order valence-corrected chi connectivity index (χ3v) is 5.90. The molecule has 7 heteroatoms. The molecule has 2 unspecified atom stereocenters. The highest BCUT2D eigenvalue weighted by Gasteiger charge is 2.55. The smallest absolute Gasteiger partial charge is 0.381 e. The van der Waals surface area contributed by atoms with Crippen LogP contribution in [-0.4, -0.2) is 35.1 Å². The lowest BCUT2D eigenvalue weighted by atomic mass is 9.74. The van der Waals surface area contributed by atoms with Gasteiger partial charge in [0.15, 0.2) is 5.60 Å². The molecule has 2 atom stereocenters. The van der Waals surface area contributed by atoms with Crippen LogP contribution in [0.15, 0.2) is 18.2 Å². The van der Waals surface area contributed by atoms with Crippen LogP contribution in [0, 0.1) is 23.7 Å². The maximum atomic E-state index is 14.1. The van der Waals surface area contributed by atoms with Crippen LogP contribution in [-0.2, 0) is 11.2 Å². The highest BCUT2D eigenvalue weighted by atomic mass is 19.4. The van der Waals surface area contributed by atoms with Gasteiger partial charge in [0.2, 0.25) is 0 Å². The second-order valence-electron chi connectivity index (χ2n) is 9.41. The SMILES string of the molecule is CCCCC(CC(C)(C)CC(O)(Cc1cc2c(C)cc(C#N)cc2[nH]1)C(F)(F)F)OC. The molecule has 0 saturated carbocycles. The Morgan fingerprint density at radius 1 is 1.23 bits per heavy atom. The molecule has 0 amide bonds. The number of nitrogens with zero attached hydrogens (tertiary/aromatic N) is 1. The Hall–Kier alpha value is -2.04. The molecule has 0 aliphatic carbocycles. The number of methoxy groups -OCH3 is 1. The van der Waals surface area contributed by atoms with E-state index in [-0.39, 0.29) is 11.8 Å². The molecule has 4 nitrogen and oxygen atoms in total. The van der Waals surface area contributed by atoms with Crippen molar-refractivity contribution >= 4 is 10.9 Å². The summed E-state index contributed by atoms with van der Waals surface area (Å²) in [6.45, 7) is 7.36. The first-order chi connectivity index (χ1) is 14.3. The van der Waals surface area contributed by atoms with Gasteiger partial charge in [0, 0.05) is 30.1 Å². The molecule has 0 radical (unpaired) electrons. The van der Waals surface area contributed by atoms with Gasteiger partial charge in [-0.15, -0.1) is 0 Å². The standard InChI is InChI=1S/C24H33F3N2O2/c1-6-7-8-19(31-5)13-22(3,4)15-23(30,24(25,26)27)12-18-11-20-16(2)9-17(14-28)10-21(20)29-18/h9-11,19,29-30H,6-8,12-13,15H2,1-5H3. The minimum Gasteiger partial charge on any atom is -0.381 e. The van der Waals surface area contributed by atoms with Gasteiger partial charge in [-0.05, 0) is 55.4 Å². The summed E-state index contributed by atoms with van der Waals surface area (Å²) < 4.78 is 47.7. The van der Waals surface area contributed by atoms with E-state index in [0.29, 0.717) is 17.5 Å². The number of hydrogen-bond donors (Lipinski definition) is 2. The van der Waals surface area contributed by atoms with Crippen LogP contribution in [0.5, 0.6) is 0 Å². The van der Waals surface area contributed by atoms with Crippen molar-refractivity contribution in [3.8, 4) is 6.07 Å². The molecule has 0 aliphatic heterocycles. The number of H-pyrrole nitrogens is 1. The first-order valence-electron chi connectivity index (χ1n) is 10.7. The molecule has 2 N–H and O–H groups in total. The van der Waals surface area contributed by atoms with E-state index in [0.717, 1.165) is 30.2 Å². The summed E-state index contributed by atoms with van der Waals surface area (Å²) in [6, 6.07) is 6.99. The van der Waals surface area contributed by atoms with Gasteiger partial charge in [-0.2, -0.15) is 18.4 Å². The van der Waals surface area contributed by atoms with E-state index in [1.54, 1.807) is 46.1 Å². The van der Waals surface area contributed by atoms with Crippen LogP contribution in [0.3, 0.4) is 0 Å². The molecular formula is C24H33F3N2O2. The average Bonchev–Trinajstić information content (AvgIpc) is 3.06. The predicted molar refractivity (Wildman–Crippen MR) is 116 cm³/mol. The van der Waals surface area contributed by atoms with Crippen LogP contribution in [0.25, 0.3) is 10.9 Å². The first kappa shape index (κ1) is 25.2. The largest absolute Gasteiger partial charge is 0.417 e. The number of nitrogens with one attached hydrogen (secondary N) is 1. The average molecular weight is 439 g/mol. The molecule has 2 rings (SSSR count). The summed E-state index contributed by atoms with van der Waals surface area (Å²) in [5.74, 6) is 0. The Kier molecular flexibility index (Phi) is 7.83. The number of aryl methyl sites for hydroxylation is 1. The minimum absolute atomic E-state index is 0.146. The lowest BCUT2D eigenvalue weighted by Crippen LogP contribution is -2.50. The van der Waals surface area contributed by atoms with Gasteiger partial charge in [-0.1, -0.05) is 33.6 Å². The van der Waals surface area contributed by atoms with E-state index in [4.69, 9.17) is 10.00 Å². The van der Waals surface area contributed by atoms with Crippen molar-refractivity contribution in [2.75, 3.05) is 7.11 Å². The fourth-order valence-electron chi connectivity index (χ4n) is 4.43. The molecule has 0 spiro atoms. The number of unbranched alkanes of at least 4 members (excludes halogenated alkanes) is 1. The van der Waals surface area contributed by atoms with E-state index in [1.807, 2.05) is 6.07 Å². The summed E-state index contributed by atoms with van der Waals surface area (Å²) in [7, 11) is 1.58. The van der Waals surface area contributed by atoms with Gasteiger partial charge in [-0.25, -0.2) is 0 Å².